The second-order valence-corrected chi connectivity index (χ2v) is 6.08. The topological polar surface area (TPSA) is 79.9 Å². The second-order valence-electron chi connectivity index (χ2n) is 4.27. The van der Waals surface area contributed by atoms with Crippen molar-refractivity contribution >= 4 is 15.8 Å². The highest BCUT2D eigenvalue weighted by Crippen LogP contribution is 2.18. The molecule has 102 valence electrons. The van der Waals surface area contributed by atoms with E-state index >= 15 is 0 Å². The molecule has 0 aliphatic rings. The smallest absolute Gasteiger partial charge is 0.268 e. The molecular formula is C14H12N2O3S. The highest BCUT2D eigenvalue weighted by atomic mass is 32.2. The maximum atomic E-state index is 12.5. The molecule has 1 aromatic heterocycles. The molecule has 0 radical (unpaired) electrons. The summed E-state index contributed by atoms with van der Waals surface area (Å²) < 4.78 is 25.8. The van der Waals surface area contributed by atoms with Gasteiger partial charge in [0, 0.05) is 6.20 Å². The molecule has 0 unspecified atom stereocenters. The van der Waals surface area contributed by atoms with Crippen molar-refractivity contribution in [1.82, 2.24) is 3.97 Å². The SMILES string of the molecule is Cc1ccc(S(=O)(=O)n2cccc2C(=O)CC#N)cc1. The van der Waals surface area contributed by atoms with Gasteiger partial charge in [0.25, 0.3) is 10.0 Å². The summed E-state index contributed by atoms with van der Waals surface area (Å²) in [7, 11) is -3.82. The molecule has 5 nitrogen and oxygen atoms in total. The van der Waals surface area contributed by atoms with Gasteiger partial charge < -0.3 is 0 Å². The van der Waals surface area contributed by atoms with Gasteiger partial charge in [-0.05, 0) is 31.2 Å². The fourth-order valence-corrected chi connectivity index (χ4v) is 3.14. The fourth-order valence-electron chi connectivity index (χ4n) is 1.78. The van der Waals surface area contributed by atoms with Crippen molar-refractivity contribution in [2.45, 2.75) is 18.2 Å². The lowest BCUT2D eigenvalue weighted by Crippen LogP contribution is -2.17. The Bertz CT molecular complexity index is 781. The van der Waals surface area contributed by atoms with Crippen LogP contribution in [0.25, 0.3) is 0 Å². The fraction of sp³-hybridized carbons (Fsp3) is 0.143. The number of carbonyl (C=O) groups excluding carboxylic acids is 1. The molecule has 1 heterocycles. The summed E-state index contributed by atoms with van der Waals surface area (Å²) in [6.07, 6.45) is 0.952. The van der Waals surface area contributed by atoms with E-state index < -0.39 is 15.8 Å². The number of nitriles is 1. The van der Waals surface area contributed by atoms with E-state index in [9.17, 15) is 13.2 Å². The van der Waals surface area contributed by atoms with Crippen molar-refractivity contribution in [1.29, 1.82) is 5.26 Å². The summed E-state index contributed by atoms with van der Waals surface area (Å²) in [5.41, 5.74) is 0.935. The Balaban J connectivity index is 2.51. The standard InChI is InChI=1S/C14H12N2O3S/c1-11-4-6-12(7-5-11)20(18,19)16-10-2-3-13(16)14(17)8-9-15/h2-7,10H,8H2,1H3. The van der Waals surface area contributed by atoms with Gasteiger partial charge >= 0.3 is 0 Å². The second kappa shape index (κ2) is 5.31. The summed E-state index contributed by atoms with van der Waals surface area (Å²) in [4.78, 5) is 11.9. The number of aryl methyl sites for hydroxylation is 1. The molecule has 0 atom stereocenters. The first-order valence-electron chi connectivity index (χ1n) is 5.86. The van der Waals surface area contributed by atoms with Gasteiger partial charge in [-0.3, -0.25) is 4.79 Å². The minimum Gasteiger partial charge on any atom is -0.291 e. The van der Waals surface area contributed by atoms with E-state index in [4.69, 9.17) is 5.26 Å². The molecule has 0 fully saturated rings. The van der Waals surface area contributed by atoms with E-state index in [-0.39, 0.29) is 17.0 Å². The summed E-state index contributed by atoms with van der Waals surface area (Å²) >= 11 is 0. The molecule has 2 aromatic rings. The first-order valence-corrected chi connectivity index (χ1v) is 7.30. The summed E-state index contributed by atoms with van der Waals surface area (Å²) in [5.74, 6) is -0.520. The minimum atomic E-state index is -3.82. The number of nitrogens with zero attached hydrogens (tertiary/aromatic N) is 2. The molecule has 1 aromatic carbocycles. The van der Waals surface area contributed by atoms with Crippen LogP contribution < -0.4 is 0 Å². The Morgan fingerprint density at radius 2 is 1.90 bits per heavy atom. The molecular weight excluding hydrogens is 276 g/mol. The molecule has 0 N–H and O–H groups in total. The maximum absolute atomic E-state index is 12.5. The van der Waals surface area contributed by atoms with Crippen LogP contribution in [0.4, 0.5) is 0 Å². The van der Waals surface area contributed by atoms with Crippen molar-refractivity contribution < 1.29 is 13.2 Å². The molecule has 0 spiro atoms. The Kier molecular flexibility index (Phi) is 3.72. The van der Waals surface area contributed by atoms with Gasteiger partial charge in [-0.2, -0.15) is 5.26 Å². The molecule has 0 amide bonds. The number of carbonyl (C=O) groups is 1. The Hall–Kier alpha value is -2.39. The summed E-state index contributed by atoms with van der Waals surface area (Å²) in [6, 6.07) is 10.9. The Labute approximate surface area is 117 Å². The molecule has 6 heteroatoms. The third-order valence-electron chi connectivity index (χ3n) is 2.82. The number of benzene rings is 1. The molecule has 0 aliphatic heterocycles. The van der Waals surface area contributed by atoms with Crippen LogP contribution in [0, 0.1) is 18.3 Å². The van der Waals surface area contributed by atoms with Crippen molar-refractivity contribution in [3.05, 3.63) is 53.9 Å². The van der Waals surface area contributed by atoms with Crippen LogP contribution in [0.5, 0.6) is 0 Å². The maximum Gasteiger partial charge on any atom is 0.268 e. The number of Topliss-reactive ketones (excluding diaryl/α,β-unsaturated/α-hetero) is 1. The number of aromatic nitrogens is 1. The molecule has 0 bridgehead atoms. The molecule has 0 saturated heterocycles. The quantitative estimate of drug-likeness (QED) is 0.807. The molecule has 0 aliphatic carbocycles. The first-order chi connectivity index (χ1) is 9.46. The number of hydrogen-bond donors (Lipinski definition) is 0. The zero-order chi connectivity index (χ0) is 14.8. The van der Waals surface area contributed by atoms with Gasteiger partial charge in [-0.1, -0.05) is 17.7 Å². The molecule has 0 saturated carbocycles. The normalized spacial score (nSPS) is 11.0. The molecule has 20 heavy (non-hydrogen) atoms. The van der Waals surface area contributed by atoms with Gasteiger partial charge in [0.2, 0.25) is 0 Å². The third-order valence-corrected chi connectivity index (χ3v) is 4.52. The van der Waals surface area contributed by atoms with E-state index in [1.54, 1.807) is 18.2 Å². The molecule has 2 rings (SSSR count). The number of hydrogen-bond acceptors (Lipinski definition) is 4. The van der Waals surface area contributed by atoms with E-state index in [0.717, 1.165) is 9.54 Å². The Morgan fingerprint density at radius 3 is 2.50 bits per heavy atom. The van der Waals surface area contributed by atoms with Gasteiger partial charge in [0.1, 0.15) is 12.1 Å². The van der Waals surface area contributed by atoms with Crippen molar-refractivity contribution in [2.24, 2.45) is 0 Å². The van der Waals surface area contributed by atoms with Crippen LogP contribution >= 0.6 is 0 Å². The number of ketones is 1. The zero-order valence-corrected chi connectivity index (χ0v) is 11.6. The highest BCUT2D eigenvalue weighted by Gasteiger charge is 2.22. The van der Waals surface area contributed by atoms with Crippen LogP contribution in [0.15, 0.2) is 47.5 Å². The van der Waals surface area contributed by atoms with Gasteiger partial charge in [-0.15, -0.1) is 0 Å². The van der Waals surface area contributed by atoms with Crippen molar-refractivity contribution in [3.63, 3.8) is 0 Å². The monoisotopic (exact) mass is 288 g/mol. The van der Waals surface area contributed by atoms with Gasteiger partial charge in [0.15, 0.2) is 5.78 Å². The van der Waals surface area contributed by atoms with Crippen LogP contribution in [0.1, 0.15) is 22.5 Å². The third kappa shape index (κ3) is 2.49. The van der Waals surface area contributed by atoms with Crippen LogP contribution in [-0.2, 0) is 10.0 Å². The number of rotatable bonds is 4. The minimum absolute atomic E-state index is 0.00729. The van der Waals surface area contributed by atoms with Crippen molar-refractivity contribution in [3.8, 4) is 6.07 Å². The largest absolute Gasteiger partial charge is 0.291 e. The van der Waals surface area contributed by atoms with E-state index in [1.165, 1.54) is 30.5 Å². The van der Waals surface area contributed by atoms with Crippen LogP contribution in [0.2, 0.25) is 0 Å². The average molecular weight is 288 g/mol. The summed E-state index contributed by atoms with van der Waals surface area (Å²) in [6.45, 7) is 1.86. The highest BCUT2D eigenvalue weighted by molar-refractivity contribution is 7.90. The predicted octanol–water partition coefficient (Wildman–Crippen LogP) is 2.13. The lowest BCUT2D eigenvalue weighted by atomic mass is 10.2. The average Bonchev–Trinajstić information content (AvgIpc) is 2.89. The van der Waals surface area contributed by atoms with E-state index in [0.29, 0.717) is 0 Å². The van der Waals surface area contributed by atoms with Gasteiger partial charge in [-0.25, -0.2) is 12.4 Å². The van der Waals surface area contributed by atoms with Crippen LogP contribution in [0.3, 0.4) is 0 Å². The van der Waals surface area contributed by atoms with Crippen LogP contribution in [-0.4, -0.2) is 18.2 Å². The van der Waals surface area contributed by atoms with E-state index in [1.807, 2.05) is 6.92 Å². The summed E-state index contributed by atoms with van der Waals surface area (Å²) in [5, 5.41) is 8.55. The van der Waals surface area contributed by atoms with E-state index in [2.05, 4.69) is 0 Å². The van der Waals surface area contributed by atoms with Gasteiger partial charge in [0.05, 0.1) is 11.0 Å². The first kappa shape index (κ1) is 14.0. The van der Waals surface area contributed by atoms with Crippen molar-refractivity contribution in [2.75, 3.05) is 0 Å². The zero-order valence-electron chi connectivity index (χ0n) is 10.8. The Morgan fingerprint density at radius 1 is 1.25 bits per heavy atom. The lowest BCUT2D eigenvalue weighted by molar-refractivity contribution is 0.0992. The lowest BCUT2D eigenvalue weighted by Gasteiger charge is -2.09. The predicted molar refractivity (Wildman–Crippen MR) is 72.8 cm³/mol.